The van der Waals surface area contributed by atoms with Gasteiger partial charge in [-0.05, 0) is 72.7 Å². The number of pyridine rings is 1. The topological polar surface area (TPSA) is 113 Å². The van der Waals surface area contributed by atoms with Crippen LogP contribution in [0.5, 0.6) is 5.75 Å². The summed E-state index contributed by atoms with van der Waals surface area (Å²) in [5.41, 5.74) is -2.58. The summed E-state index contributed by atoms with van der Waals surface area (Å²) >= 11 is 0. The Hall–Kier alpha value is -3.87. The second-order valence-corrected chi connectivity index (χ2v) is 11.0. The normalized spacial score (nSPS) is 12.4. The summed E-state index contributed by atoms with van der Waals surface area (Å²) in [4.78, 5) is 39.5. The van der Waals surface area contributed by atoms with Crippen LogP contribution >= 0.6 is 0 Å². The molecule has 2 aromatic heterocycles. The zero-order chi connectivity index (χ0) is 30.8. The molecule has 1 amide bonds. The Kier molecular flexibility index (Phi) is 9.21. The van der Waals surface area contributed by atoms with Crippen molar-refractivity contribution in [2.24, 2.45) is 0 Å². The first kappa shape index (κ1) is 31.7. The van der Waals surface area contributed by atoms with E-state index in [0.29, 0.717) is 0 Å². The number of hydrogen-bond acceptors (Lipinski definition) is 9. The highest BCUT2D eigenvalue weighted by atomic mass is 19.4. The second-order valence-electron chi connectivity index (χ2n) is 11.0. The third-order valence-corrected chi connectivity index (χ3v) is 5.25. The first-order valence-corrected chi connectivity index (χ1v) is 12.8. The number of benzene rings is 1. The third kappa shape index (κ3) is 8.09. The van der Waals surface area contributed by atoms with Gasteiger partial charge >= 0.3 is 18.2 Å². The number of rotatable bonds is 8. The lowest BCUT2D eigenvalue weighted by atomic mass is 10.1. The number of hydrogen-bond donors (Lipinski definition) is 0. The fourth-order valence-electron chi connectivity index (χ4n) is 3.72. The van der Waals surface area contributed by atoms with Crippen LogP contribution in [0, 0.1) is 0 Å². The number of carbonyl (C=O) groups is 2. The van der Waals surface area contributed by atoms with Crippen molar-refractivity contribution < 1.29 is 46.2 Å². The fraction of sp³-hybridized carbons (Fsp3) is 0.500. The van der Waals surface area contributed by atoms with E-state index in [9.17, 15) is 22.8 Å². The molecular weight excluding hydrogens is 547 g/mol. The highest BCUT2D eigenvalue weighted by molar-refractivity contribution is 5.97. The fourth-order valence-corrected chi connectivity index (χ4v) is 3.72. The van der Waals surface area contributed by atoms with Crippen molar-refractivity contribution in [2.45, 2.75) is 72.3 Å². The Morgan fingerprint density at radius 1 is 0.976 bits per heavy atom. The molecule has 0 atom stereocenters. The summed E-state index contributed by atoms with van der Waals surface area (Å²) in [5, 5.41) is 1.29. The molecule has 3 aromatic rings. The van der Waals surface area contributed by atoms with E-state index in [1.54, 1.807) is 48.5 Å². The molecule has 3 rings (SSSR count). The van der Waals surface area contributed by atoms with Gasteiger partial charge in [-0.1, -0.05) is 0 Å². The lowest BCUT2D eigenvalue weighted by Crippen LogP contribution is -2.42. The van der Waals surface area contributed by atoms with E-state index in [1.807, 2.05) is 0 Å². The number of halogens is 3. The third-order valence-electron chi connectivity index (χ3n) is 5.25. The van der Waals surface area contributed by atoms with Crippen LogP contribution in [0.2, 0.25) is 0 Å². The molecule has 1 aromatic carbocycles. The van der Waals surface area contributed by atoms with E-state index in [2.05, 4.69) is 9.97 Å². The molecule has 0 saturated carbocycles. The van der Waals surface area contributed by atoms with Crippen LogP contribution in [0.1, 0.15) is 70.4 Å². The first-order chi connectivity index (χ1) is 18.9. The predicted molar refractivity (Wildman–Crippen MR) is 142 cm³/mol. The average Bonchev–Trinajstić information content (AvgIpc) is 3.27. The number of alkyl halides is 3. The molecule has 13 heteroatoms. The smallest absolute Gasteiger partial charge is 0.434 e. The van der Waals surface area contributed by atoms with Gasteiger partial charge in [0.1, 0.15) is 28.3 Å². The predicted octanol–water partition coefficient (Wildman–Crippen LogP) is 6.60. The number of fused-ring (bicyclic) bond motifs is 1. The number of esters is 1. The number of amides is 1. The van der Waals surface area contributed by atoms with Gasteiger partial charge in [0, 0.05) is 17.4 Å². The molecule has 0 unspecified atom stereocenters. The van der Waals surface area contributed by atoms with Gasteiger partial charge in [0.05, 0.1) is 25.9 Å². The molecule has 0 aliphatic rings. The minimum atomic E-state index is -4.67. The zero-order valence-corrected chi connectivity index (χ0v) is 24.3. The molecular formula is C28H34F3N3O7. The summed E-state index contributed by atoms with van der Waals surface area (Å²) in [6.45, 7) is 12.0. The second kappa shape index (κ2) is 11.9. The van der Waals surface area contributed by atoms with Gasteiger partial charge in [0.2, 0.25) is 5.89 Å². The van der Waals surface area contributed by atoms with Gasteiger partial charge in [0.15, 0.2) is 5.69 Å². The maximum atomic E-state index is 13.4. The van der Waals surface area contributed by atoms with Crippen LogP contribution < -0.4 is 4.74 Å². The Bertz CT molecular complexity index is 1410. The summed E-state index contributed by atoms with van der Waals surface area (Å²) < 4.78 is 61.9. The van der Waals surface area contributed by atoms with Crippen molar-refractivity contribution in [3.05, 3.63) is 41.4 Å². The SMILES string of the molecule is CCOC(=O)c1nc(-c2ccc(OC)c3nc(C(F)(F)F)ccc23)oc1CCN(OC(C)(C)C)C(=O)OC(C)(C)C. The largest absolute Gasteiger partial charge is 0.494 e. The van der Waals surface area contributed by atoms with Crippen molar-refractivity contribution in [1.29, 1.82) is 0 Å². The van der Waals surface area contributed by atoms with Crippen LogP contribution in [0.4, 0.5) is 18.0 Å². The van der Waals surface area contributed by atoms with Crippen LogP contribution in [-0.4, -0.2) is 58.6 Å². The van der Waals surface area contributed by atoms with Crippen LogP contribution in [0.3, 0.4) is 0 Å². The number of ether oxygens (including phenoxy) is 3. The monoisotopic (exact) mass is 581 g/mol. The van der Waals surface area contributed by atoms with E-state index in [1.165, 1.54) is 25.3 Å². The van der Waals surface area contributed by atoms with Crippen molar-refractivity contribution >= 4 is 23.0 Å². The van der Waals surface area contributed by atoms with E-state index in [-0.39, 0.29) is 59.1 Å². The quantitative estimate of drug-likeness (QED) is 0.214. The molecule has 0 bridgehead atoms. The van der Waals surface area contributed by atoms with E-state index in [4.69, 9.17) is 23.5 Å². The first-order valence-electron chi connectivity index (χ1n) is 12.8. The van der Waals surface area contributed by atoms with Crippen LogP contribution in [-0.2, 0) is 26.9 Å². The lowest BCUT2D eigenvalue weighted by molar-refractivity contribution is -0.210. The Morgan fingerprint density at radius 2 is 1.66 bits per heavy atom. The summed E-state index contributed by atoms with van der Waals surface area (Å²) in [6, 6.07) is 5.04. The number of methoxy groups -OCH3 is 1. The highest BCUT2D eigenvalue weighted by Crippen LogP contribution is 2.37. The van der Waals surface area contributed by atoms with Crippen molar-refractivity contribution in [3.63, 3.8) is 0 Å². The molecule has 0 spiro atoms. The van der Waals surface area contributed by atoms with E-state index in [0.717, 1.165) is 11.1 Å². The van der Waals surface area contributed by atoms with Gasteiger partial charge in [-0.3, -0.25) is 4.84 Å². The minimum Gasteiger partial charge on any atom is -0.494 e. The maximum absolute atomic E-state index is 13.4. The Labute approximate surface area is 235 Å². The zero-order valence-electron chi connectivity index (χ0n) is 24.3. The molecule has 10 nitrogen and oxygen atoms in total. The Morgan fingerprint density at radius 3 is 2.22 bits per heavy atom. The number of oxazole rings is 1. The average molecular weight is 582 g/mol. The van der Waals surface area contributed by atoms with Gasteiger partial charge < -0.3 is 18.6 Å². The molecule has 0 fully saturated rings. The highest BCUT2D eigenvalue weighted by Gasteiger charge is 2.34. The van der Waals surface area contributed by atoms with E-state index < -0.39 is 35.1 Å². The standard InChI is InChI=1S/C28H34F3N3O7/c1-9-38-24(35)22-19(14-15-34(41-27(5,6)7)25(36)40-26(2,3)4)39-23(33-22)17-10-12-18(37-8)21-16(17)11-13-20(32-21)28(29,30)31/h10-13H,9,14-15H2,1-8H3. The minimum absolute atomic E-state index is 0.0268. The molecule has 0 saturated heterocycles. The Balaban J connectivity index is 2.06. The number of hydroxylamine groups is 2. The number of aromatic nitrogens is 2. The van der Waals surface area contributed by atoms with Crippen molar-refractivity contribution in [2.75, 3.05) is 20.3 Å². The van der Waals surface area contributed by atoms with Crippen molar-refractivity contribution in [3.8, 4) is 17.2 Å². The van der Waals surface area contributed by atoms with Crippen molar-refractivity contribution in [1.82, 2.24) is 15.0 Å². The molecule has 0 aliphatic heterocycles. The van der Waals surface area contributed by atoms with Gasteiger partial charge in [-0.15, -0.1) is 0 Å². The maximum Gasteiger partial charge on any atom is 0.434 e. The van der Waals surface area contributed by atoms with Gasteiger partial charge in [-0.25, -0.2) is 19.6 Å². The van der Waals surface area contributed by atoms with Gasteiger partial charge in [-0.2, -0.15) is 18.2 Å². The summed E-state index contributed by atoms with van der Waals surface area (Å²) in [6.07, 6.45) is -5.43. The molecule has 224 valence electrons. The summed E-state index contributed by atoms with van der Waals surface area (Å²) in [7, 11) is 1.31. The molecule has 0 radical (unpaired) electrons. The van der Waals surface area contributed by atoms with E-state index >= 15 is 0 Å². The molecule has 2 heterocycles. The van der Waals surface area contributed by atoms with Crippen LogP contribution in [0.15, 0.2) is 28.7 Å². The molecule has 41 heavy (non-hydrogen) atoms. The van der Waals surface area contributed by atoms with Crippen LogP contribution in [0.25, 0.3) is 22.4 Å². The summed E-state index contributed by atoms with van der Waals surface area (Å²) in [5.74, 6) is -0.640. The molecule has 0 N–H and O–H groups in total. The lowest BCUT2D eigenvalue weighted by Gasteiger charge is -2.31. The number of nitrogens with zero attached hydrogens (tertiary/aromatic N) is 3. The number of carbonyl (C=O) groups excluding carboxylic acids is 2. The van der Waals surface area contributed by atoms with Gasteiger partial charge in [0.25, 0.3) is 0 Å². The molecule has 0 aliphatic carbocycles.